The predicted octanol–water partition coefficient (Wildman–Crippen LogP) is 3.72. The molecule has 132 valence electrons. The van der Waals surface area contributed by atoms with Gasteiger partial charge in [-0.05, 0) is 62.6 Å². The third-order valence-electron chi connectivity index (χ3n) is 6.94. The zero-order valence-corrected chi connectivity index (χ0v) is 14.9. The first-order valence-corrected chi connectivity index (χ1v) is 10.1. The maximum Gasteiger partial charge on any atom is 0.254 e. The zero-order valence-electron chi connectivity index (χ0n) is 14.9. The van der Waals surface area contributed by atoms with Gasteiger partial charge in [-0.25, -0.2) is 0 Å². The Morgan fingerprint density at radius 3 is 2.80 bits per heavy atom. The quantitative estimate of drug-likeness (QED) is 0.730. The molecule has 0 saturated carbocycles. The molecule has 0 spiro atoms. The van der Waals surface area contributed by atoms with Crippen molar-refractivity contribution >= 4 is 5.91 Å². The molecule has 0 radical (unpaired) electrons. The van der Waals surface area contributed by atoms with Crippen LogP contribution in [0.3, 0.4) is 0 Å². The van der Waals surface area contributed by atoms with Crippen molar-refractivity contribution in [3.8, 4) is 0 Å². The largest absolute Gasteiger partial charge is 0.332 e. The molecule has 4 atom stereocenters. The van der Waals surface area contributed by atoms with Crippen molar-refractivity contribution in [2.45, 2.75) is 50.6 Å². The van der Waals surface area contributed by atoms with E-state index in [0.717, 1.165) is 30.5 Å². The Balaban J connectivity index is 1.46. The minimum Gasteiger partial charge on any atom is -0.332 e. The molecular weight excluding hydrogens is 308 g/mol. The van der Waals surface area contributed by atoms with Crippen molar-refractivity contribution in [2.75, 3.05) is 19.6 Å². The Morgan fingerprint density at radius 1 is 1.04 bits per heavy atom. The topological polar surface area (TPSA) is 23.6 Å². The molecule has 1 aromatic carbocycles. The maximum absolute atomic E-state index is 13.2. The van der Waals surface area contributed by atoms with Crippen molar-refractivity contribution in [2.24, 2.45) is 11.8 Å². The average Bonchev–Trinajstić information content (AvgIpc) is 2.68. The minimum atomic E-state index is 0.232. The highest BCUT2D eigenvalue weighted by molar-refractivity contribution is 5.94. The van der Waals surface area contributed by atoms with Crippen LogP contribution >= 0.6 is 0 Å². The van der Waals surface area contributed by atoms with E-state index in [0.29, 0.717) is 12.0 Å². The van der Waals surface area contributed by atoms with Crippen LogP contribution < -0.4 is 0 Å². The minimum absolute atomic E-state index is 0.232. The molecule has 3 nitrogen and oxygen atoms in total. The first-order valence-electron chi connectivity index (χ1n) is 10.1. The summed E-state index contributed by atoms with van der Waals surface area (Å²) >= 11 is 0. The monoisotopic (exact) mass is 336 g/mol. The number of carbonyl (C=O) groups is 1. The van der Waals surface area contributed by atoms with Crippen molar-refractivity contribution < 1.29 is 4.79 Å². The van der Waals surface area contributed by atoms with Gasteiger partial charge in [0.2, 0.25) is 0 Å². The molecule has 0 aromatic heterocycles. The van der Waals surface area contributed by atoms with Crippen molar-refractivity contribution in [3.63, 3.8) is 0 Å². The molecule has 3 fully saturated rings. The van der Waals surface area contributed by atoms with E-state index in [1.54, 1.807) is 5.57 Å². The first-order chi connectivity index (χ1) is 12.3. The van der Waals surface area contributed by atoms with E-state index < -0.39 is 0 Å². The molecule has 0 unspecified atom stereocenters. The first kappa shape index (κ1) is 15.6. The summed E-state index contributed by atoms with van der Waals surface area (Å²) < 4.78 is 0. The average molecular weight is 336 g/mol. The second-order valence-electron chi connectivity index (χ2n) is 8.37. The van der Waals surface area contributed by atoms with Gasteiger partial charge in [0.05, 0.1) is 6.04 Å². The Kier molecular flexibility index (Phi) is 3.93. The van der Waals surface area contributed by atoms with E-state index in [2.05, 4.69) is 15.9 Å². The standard InChI is InChI=1S/C22H28N2O/c25-22(16-7-2-1-3-8-16)24-12-6-9-17-13-18-14-19(21(17)24)15-23-11-5-4-10-20(18)23/h1-3,7-8,13,18-21H,4-6,9-12,14-15H2/t18-,19-,20+,21-/m0/s1. The van der Waals surface area contributed by atoms with Crippen LogP contribution in [0.15, 0.2) is 42.0 Å². The van der Waals surface area contributed by atoms with Crippen LogP contribution in [-0.4, -0.2) is 47.4 Å². The number of nitrogens with zero attached hydrogens (tertiary/aromatic N) is 2. The molecule has 3 saturated heterocycles. The van der Waals surface area contributed by atoms with Crippen LogP contribution in [-0.2, 0) is 0 Å². The fraction of sp³-hybridized carbons (Fsp3) is 0.591. The highest BCUT2D eigenvalue weighted by Gasteiger charge is 2.46. The lowest BCUT2D eigenvalue weighted by molar-refractivity contribution is 0.00148. The summed E-state index contributed by atoms with van der Waals surface area (Å²) in [6, 6.07) is 11.0. The fourth-order valence-corrected chi connectivity index (χ4v) is 5.95. The van der Waals surface area contributed by atoms with Crippen LogP contribution in [0.5, 0.6) is 0 Å². The van der Waals surface area contributed by atoms with Crippen LogP contribution in [0.4, 0.5) is 0 Å². The van der Waals surface area contributed by atoms with Gasteiger partial charge in [-0.3, -0.25) is 9.69 Å². The third-order valence-corrected chi connectivity index (χ3v) is 6.94. The summed E-state index contributed by atoms with van der Waals surface area (Å²) in [4.78, 5) is 18.1. The molecule has 4 aliphatic rings. The van der Waals surface area contributed by atoms with Crippen LogP contribution in [0, 0.1) is 11.8 Å². The van der Waals surface area contributed by atoms with Gasteiger partial charge in [0.15, 0.2) is 0 Å². The van der Waals surface area contributed by atoms with Crippen molar-refractivity contribution in [1.29, 1.82) is 0 Å². The number of hydrogen-bond acceptors (Lipinski definition) is 2. The number of piperidine rings is 3. The predicted molar refractivity (Wildman–Crippen MR) is 99.4 cm³/mol. The van der Waals surface area contributed by atoms with Crippen LogP contribution in [0.1, 0.15) is 48.9 Å². The summed E-state index contributed by atoms with van der Waals surface area (Å²) in [5.74, 6) is 1.60. The van der Waals surface area contributed by atoms with E-state index >= 15 is 0 Å². The van der Waals surface area contributed by atoms with Gasteiger partial charge in [-0.1, -0.05) is 36.3 Å². The SMILES string of the molecule is O=C(c1ccccc1)N1CCCC2=C[C@H]3C[C@@H](CN4CCCC[C@H]34)[C@H]21. The van der Waals surface area contributed by atoms with E-state index in [-0.39, 0.29) is 5.91 Å². The van der Waals surface area contributed by atoms with Gasteiger partial charge in [-0.15, -0.1) is 0 Å². The third kappa shape index (κ3) is 2.64. The van der Waals surface area contributed by atoms with Gasteiger partial charge in [-0.2, -0.15) is 0 Å². The molecule has 3 heterocycles. The lowest BCUT2D eigenvalue weighted by Gasteiger charge is -2.54. The summed E-state index contributed by atoms with van der Waals surface area (Å²) in [7, 11) is 0. The van der Waals surface area contributed by atoms with E-state index in [1.165, 1.54) is 45.2 Å². The van der Waals surface area contributed by atoms with Gasteiger partial charge in [0, 0.05) is 24.7 Å². The summed E-state index contributed by atoms with van der Waals surface area (Å²) in [5, 5.41) is 0. The van der Waals surface area contributed by atoms with Crippen LogP contribution in [0.25, 0.3) is 0 Å². The Morgan fingerprint density at radius 2 is 1.92 bits per heavy atom. The number of carbonyl (C=O) groups excluding carboxylic acids is 1. The van der Waals surface area contributed by atoms with Gasteiger partial charge in [0.25, 0.3) is 5.91 Å². The molecule has 0 N–H and O–H groups in total. The molecule has 3 aliphatic heterocycles. The smallest absolute Gasteiger partial charge is 0.254 e. The Hall–Kier alpha value is -1.61. The molecular formula is C22H28N2O. The molecule has 1 aliphatic carbocycles. The molecule has 1 amide bonds. The Labute approximate surface area is 150 Å². The number of rotatable bonds is 1. The summed E-state index contributed by atoms with van der Waals surface area (Å²) in [6.45, 7) is 3.38. The molecule has 25 heavy (non-hydrogen) atoms. The molecule has 3 heteroatoms. The summed E-state index contributed by atoms with van der Waals surface area (Å²) in [6.07, 6.45) is 10.3. The number of likely N-dealkylation sites (tertiary alicyclic amines) is 1. The molecule has 1 aromatic rings. The number of fused-ring (bicyclic) bond motifs is 6. The van der Waals surface area contributed by atoms with Gasteiger partial charge >= 0.3 is 0 Å². The normalized spacial score (nSPS) is 34.7. The highest BCUT2D eigenvalue weighted by Crippen LogP contribution is 2.45. The number of hydrogen-bond donors (Lipinski definition) is 0. The molecule has 5 rings (SSSR count). The van der Waals surface area contributed by atoms with E-state index in [4.69, 9.17) is 0 Å². The fourth-order valence-electron chi connectivity index (χ4n) is 5.95. The van der Waals surface area contributed by atoms with Crippen LogP contribution in [0.2, 0.25) is 0 Å². The van der Waals surface area contributed by atoms with Crippen molar-refractivity contribution in [1.82, 2.24) is 9.80 Å². The lowest BCUT2D eigenvalue weighted by atomic mass is 9.68. The summed E-state index contributed by atoms with van der Waals surface area (Å²) in [5.41, 5.74) is 2.42. The zero-order chi connectivity index (χ0) is 16.8. The van der Waals surface area contributed by atoms with E-state index in [1.807, 2.05) is 30.3 Å². The maximum atomic E-state index is 13.2. The van der Waals surface area contributed by atoms with Gasteiger partial charge < -0.3 is 4.90 Å². The second kappa shape index (κ2) is 6.28. The highest BCUT2D eigenvalue weighted by atomic mass is 16.2. The lowest BCUT2D eigenvalue weighted by Crippen LogP contribution is -2.60. The van der Waals surface area contributed by atoms with Gasteiger partial charge in [0.1, 0.15) is 0 Å². The number of amides is 1. The Bertz CT molecular complexity index is 683. The second-order valence-corrected chi connectivity index (χ2v) is 8.37. The van der Waals surface area contributed by atoms with E-state index in [9.17, 15) is 4.79 Å². The number of benzene rings is 1. The van der Waals surface area contributed by atoms with Crippen molar-refractivity contribution in [3.05, 3.63) is 47.5 Å². The molecule has 2 bridgehead atoms.